The van der Waals surface area contributed by atoms with E-state index in [0.29, 0.717) is 0 Å². The number of hydrogen-bond acceptors (Lipinski definition) is 2. The van der Waals surface area contributed by atoms with Gasteiger partial charge in [0.15, 0.2) is 8.24 Å². The van der Waals surface area contributed by atoms with E-state index in [0.717, 1.165) is 5.69 Å². The Morgan fingerprint density at radius 3 is 2.58 bits per heavy atom. The summed E-state index contributed by atoms with van der Waals surface area (Å²) in [7, 11) is -1.31. The predicted octanol–water partition coefficient (Wildman–Crippen LogP) is 2.34. The fourth-order valence-electron chi connectivity index (χ4n) is 0.712. The summed E-state index contributed by atoms with van der Waals surface area (Å²) < 4.78 is 4.48. The number of pyridine rings is 1. The Bertz CT molecular complexity index is 262. The van der Waals surface area contributed by atoms with Crippen molar-refractivity contribution in [1.82, 2.24) is 4.98 Å². The molecule has 2 nitrogen and oxygen atoms in total. The molecule has 0 saturated carbocycles. The second-order valence-electron chi connectivity index (χ2n) is 3.68. The van der Waals surface area contributed by atoms with Gasteiger partial charge in [-0.3, -0.25) is 4.98 Å². The summed E-state index contributed by atoms with van der Waals surface area (Å²) in [6, 6.07) is 5.84. The van der Waals surface area contributed by atoms with Crippen LogP contribution in [0.4, 0.5) is 0 Å². The van der Waals surface area contributed by atoms with E-state index >= 15 is 0 Å². The van der Waals surface area contributed by atoms with Crippen LogP contribution >= 0.6 is 0 Å². The Balaban J connectivity index is 2.71. The number of nitrogens with zero attached hydrogens (tertiary/aromatic N) is 2. The van der Waals surface area contributed by atoms with Crippen LogP contribution in [0, 0.1) is 0 Å². The van der Waals surface area contributed by atoms with Crippen LogP contribution in [0.25, 0.3) is 0 Å². The summed E-state index contributed by atoms with van der Waals surface area (Å²) in [5, 5.41) is 0. The molecule has 0 N–H and O–H groups in total. The first-order chi connectivity index (χ1) is 5.58. The highest BCUT2D eigenvalue weighted by atomic mass is 28.3. The third-order valence-corrected chi connectivity index (χ3v) is 2.18. The zero-order valence-electron chi connectivity index (χ0n) is 7.78. The van der Waals surface area contributed by atoms with Gasteiger partial charge in [-0.1, -0.05) is 6.07 Å². The maximum absolute atomic E-state index is 4.48. The van der Waals surface area contributed by atoms with Crippen molar-refractivity contribution >= 4 is 14.5 Å². The predicted molar refractivity (Wildman–Crippen MR) is 55.2 cm³/mol. The smallest absolute Gasteiger partial charge is 0.172 e. The van der Waals surface area contributed by atoms with E-state index in [9.17, 15) is 0 Å². The van der Waals surface area contributed by atoms with Crippen molar-refractivity contribution < 1.29 is 0 Å². The highest BCUT2D eigenvalue weighted by Gasteiger charge is 2.08. The van der Waals surface area contributed by atoms with E-state index < -0.39 is 8.24 Å². The molecule has 0 radical (unpaired) electrons. The quantitative estimate of drug-likeness (QED) is 0.504. The topological polar surface area (TPSA) is 25.2 Å². The normalized spacial score (nSPS) is 12.2. The average Bonchev–Trinajstić information content (AvgIpc) is 2.02. The van der Waals surface area contributed by atoms with Crippen molar-refractivity contribution in [1.29, 1.82) is 0 Å². The van der Waals surface area contributed by atoms with Gasteiger partial charge in [-0.15, -0.1) is 0 Å². The monoisotopic (exact) mass is 178 g/mol. The fraction of sp³-hybridized carbons (Fsp3) is 0.333. The van der Waals surface area contributed by atoms with E-state index in [1.165, 1.54) is 0 Å². The first kappa shape index (κ1) is 9.13. The van der Waals surface area contributed by atoms with Crippen LogP contribution in [0.5, 0.6) is 0 Å². The number of rotatable bonds is 2. The summed E-state index contributed by atoms with van der Waals surface area (Å²) in [6.07, 6.45) is 3.65. The first-order valence-electron chi connectivity index (χ1n) is 4.04. The summed E-state index contributed by atoms with van der Waals surface area (Å²) in [5.41, 5.74) is 0.944. The minimum atomic E-state index is -1.31. The van der Waals surface area contributed by atoms with Gasteiger partial charge in [-0.2, -0.15) is 0 Å². The molecule has 0 aliphatic carbocycles. The van der Waals surface area contributed by atoms with Crippen molar-refractivity contribution in [3.63, 3.8) is 0 Å². The van der Waals surface area contributed by atoms with E-state index in [1.54, 1.807) is 6.20 Å². The zero-order valence-corrected chi connectivity index (χ0v) is 8.78. The van der Waals surface area contributed by atoms with Crippen LogP contribution in [0.3, 0.4) is 0 Å². The van der Waals surface area contributed by atoms with E-state index in [2.05, 4.69) is 29.3 Å². The van der Waals surface area contributed by atoms with Crippen molar-refractivity contribution in [3.8, 4) is 0 Å². The molecule has 1 aromatic heterocycles. The minimum Gasteiger partial charge on any atom is -0.327 e. The molecular weight excluding hydrogens is 164 g/mol. The van der Waals surface area contributed by atoms with Crippen molar-refractivity contribution in [2.45, 2.75) is 19.6 Å². The summed E-state index contributed by atoms with van der Waals surface area (Å²) >= 11 is 0. The highest BCUT2D eigenvalue weighted by molar-refractivity contribution is 6.75. The molecule has 64 valence electrons. The molecular formula is C9H14N2Si. The van der Waals surface area contributed by atoms with Crippen LogP contribution in [-0.2, 0) is 0 Å². The standard InChI is InChI=1S/C9H14N2Si/c1-12(2,3)11-8-9-6-4-5-7-10-9/h4-8H,1-3H3/b11-8+. The van der Waals surface area contributed by atoms with Crippen LogP contribution < -0.4 is 0 Å². The van der Waals surface area contributed by atoms with Crippen LogP contribution in [0.1, 0.15) is 5.69 Å². The lowest BCUT2D eigenvalue weighted by atomic mass is 10.4. The van der Waals surface area contributed by atoms with Gasteiger partial charge in [0, 0.05) is 12.4 Å². The van der Waals surface area contributed by atoms with Gasteiger partial charge in [-0.05, 0) is 31.8 Å². The second kappa shape index (κ2) is 3.63. The highest BCUT2D eigenvalue weighted by Crippen LogP contribution is 2.01. The van der Waals surface area contributed by atoms with Crippen molar-refractivity contribution in [3.05, 3.63) is 30.1 Å². The van der Waals surface area contributed by atoms with Gasteiger partial charge in [-0.25, -0.2) is 0 Å². The molecule has 0 unspecified atom stereocenters. The van der Waals surface area contributed by atoms with E-state index in [-0.39, 0.29) is 0 Å². The molecule has 0 fully saturated rings. The number of hydrogen-bond donors (Lipinski definition) is 0. The maximum atomic E-state index is 4.48. The first-order valence-corrected chi connectivity index (χ1v) is 7.49. The zero-order chi connectivity index (χ0) is 9.03. The third kappa shape index (κ3) is 3.43. The molecule has 12 heavy (non-hydrogen) atoms. The molecule has 1 rings (SSSR count). The summed E-state index contributed by atoms with van der Waals surface area (Å²) in [6.45, 7) is 6.60. The van der Waals surface area contributed by atoms with Crippen LogP contribution in [0.2, 0.25) is 19.6 Å². The largest absolute Gasteiger partial charge is 0.327 e. The van der Waals surface area contributed by atoms with Crippen molar-refractivity contribution in [2.24, 2.45) is 4.66 Å². The Kier molecular flexibility index (Phi) is 2.76. The lowest BCUT2D eigenvalue weighted by molar-refractivity contribution is 1.30. The maximum Gasteiger partial charge on any atom is 0.172 e. The van der Waals surface area contributed by atoms with Crippen LogP contribution in [-0.4, -0.2) is 19.4 Å². The third-order valence-electron chi connectivity index (χ3n) is 1.27. The van der Waals surface area contributed by atoms with E-state index in [4.69, 9.17) is 0 Å². The lowest BCUT2D eigenvalue weighted by Crippen LogP contribution is -2.16. The van der Waals surface area contributed by atoms with Gasteiger partial charge in [0.2, 0.25) is 0 Å². The molecule has 3 heteroatoms. The molecule has 0 spiro atoms. The van der Waals surface area contributed by atoms with Gasteiger partial charge >= 0.3 is 0 Å². The SMILES string of the molecule is C[Si](C)(C)/N=C/c1ccccn1. The molecule has 1 aromatic rings. The molecule has 0 aliphatic heterocycles. The molecule has 0 amide bonds. The molecule has 0 bridgehead atoms. The molecule has 0 saturated heterocycles. The Hall–Kier alpha value is -0.963. The Labute approximate surface area is 74.5 Å². The molecule has 1 heterocycles. The van der Waals surface area contributed by atoms with E-state index in [1.807, 2.05) is 24.4 Å². The van der Waals surface area contributed by atoms with Crippen LogP contribution in [0.15, 0.2) is 29.1 Å². The average molecular weight is 178 g/mol. The van der Waals surface area contributed by atoms with Crippen molar-refractivity contribution in [2.75, 3.05) is 0 Å². The van der Waals surface area contributed by atoms with Gasteiger partial charge in [0.1, 0.15) is 0 Å². The minimum absolute atomic E-state index is 0.944. The van der Waals surface area contributed by atoms with Gasteiger partial charge in [0.25, 0.3) is 0 Å². The molecule has 0 aromatic carbocycles. The fourth-order valence-corrected chi connectivity index (χ4v) is 1.23. The lowest BCUT2D eigenvalue weighted by Gasteiger charge is -2.06. The van der Waals surface area contributed by atoms with Gasteiger partial charge < -0.3 is 4.66 Å². The molecule has 0 aliphatic rings. The van der Waals surface area contributed by atoms with Gasteiger partial charge in [0.05, 0.1) is 5.69 Å². The molecule has 0 atom stereocenters. The number of aromatic nitrogens is 1. The Morgan fingerprint density at radius 2 is 2.08 bits per heavy atom. The summed E-state index contributed by atoms with van der Waals surface area (Å²) in [5.74, 6) is 0. The Morgan fingerprint density at radius 1 is 1.33 bits per heavy atom. The second-order valence-corrected chi connectivity index (χ2v) is 8.28. The summed E-state index contributed by atoms with van der Waals surface area (Å²) in [4.78, 5) is 4.15.